The van der Waals surface area contributed by atoms with E-state index < -0.39 is 0 Å². The molecule has 1 unspecified atom stereocenters. The number of amides is 1. The van der Waals surface area contributed by atoms with E-state index in [9.17, 15) is 9.59 Å². The van der Waals surface area contributed by atoms with Crippen LogP contribution >= 0.6 is 0 Å². The van der Waals surface area contributed by atoms with E-state index in [4.69, 9.17) is 0 Å². The summed E-state index contributed by atoms with van der Waals surface area (Å²) in [6.07, 6.45) is 2.75. The quantitative estimate of drug-likeness (QED) is 0.731. The van der Waals surface area contributed by atoms with Gasteiger partial charge in [0.1, 0.15) is 5.69 Å². The largest absolute Gasteiger partial charge is 0.354 e. The molecule has 5 heteroatoms. The Kier molecular flexibility index (Phi) is 4.60. The van der Waals surface area contributed by atoms with Crippen LogP contribution in [0.1, 0.15) is 58.8 Å². The lowest BCUT2D eigenvalue weighted by Gasteiger charge is -2.23. The maximum Gasteiger partial charge on any atom is 0.268 e. The number of aromatic amines is 1. The highest BCUT2D eigenvalue weighted by Crippen LogP contribution is 2.20. The van der Waals surface area contributed by atoms with Gasteiger partial charge in [0, 0.05) is 23.8 Å². The maximum atomic E-state index is 12.4. The Morgan fingerprint density at radius 1 is 1.40 bits per heavy atom. The van der Waals surface area contributed by atoms with Crippen molar-refractivity contribution < 1.29 is 9.59 Å². The highest BCUT2D eigenvalue weighted by Gasteiger charge is 2.23. The van der Waals surface area contributed by atoms with Gasteiger partial charge in [-0.1, -0.05) is 6.92 Å². The Morgan fingerprint density at radius 3 is 2.70 bits per heavy atom. The molecule has 2 rings (SSSR count). The summed E-state index contributed by atoms with van der Waals surface area (Å²) in [7, 11) is 0. The Hall–Kier alpha value is -1.62. The van der Waals surface area contributed by atoms with Crippen LogP contribution in [-0.4, -0.2) is 35.8 Å². The molecular formula is C15H23N3O2. The molecule has 0 aromatic carbocycles. The molecule has 3 N–H and O–H groups in total. The number of Topliss-reactive ketones (excluding diaryl/α,β-unsaturated/α-hetero) is 1. The molecule has 1 aromatic heterocycles. The van der Waals surface area contributed by atoms with Gasteiger partial charge in [-0.25, -0.2) is 0 Å². The van der Waals surface area contributed by atoms with Gasteiger partial charge in [-0.3, -0.25) is 9.59 Å². The van der Waals surface area contributed by atoms with Crippen LogP contribution in [0.15, 0.2) is 0 Å². The second-order valence-electron chi connectivity index (χ2n) is 5.41. The van der Waals surface area contributed by atoms with E-state index in [-0.39, 0.29) is 17.7 Å². The fraction of sp³-hybridized carbons (Fsp3) is 0.600. The number of aromatic nitrogens is 1. The van der Waals surface area contributed by atoms with Crippen molar-refractivity contribution in [1.82, 2.24) is 15.6 Å². The SMILES string of the molecule is CCc1c(C(=O)NC2CCCNC2)[nH]c(C)c1C(C)=O. The van der Waals surface area contributed by atoms with Gasteiger partial charge in [-0.15, -0.1) is 0 Å². The molecule has 110 valence electrons. The van der Waals surface area contributed by atoms with Crippen LogP contribution in [0, 0.1) is 6.92 Å². The number of H-pyrrole nitrogens is 1. The molecule has 20 heavy (non-hydrogen) atoms. The number of ketones is 1. The third kappa shape index (κ3) is 2.93. The lowest BCUT2D eigenvalue weighted by atomic mass is 10.0. The number of piperidine rings is 1. The average Bonchev–Trinajstić information content (AvgIpc) is 2.76. The van der Waals surface area contributed by atoms with Gasteiger partial charge in [0.15, 0.2) is 5.78 Å². The maximum absolute atomic E-state index is 12.4. The first-order valence-electron chi connectivity index (χ1n) is 7.28. The van der Waals surface area contributed by atoms with Gasteiger partial charge in [0.05, 0.1) is 0 Å². The van der Waals surface area contributed by atoms with Crippen molar-refractivity contribution in [2.75, 3.05) is 13.1 Å². The lowest BCUT2D eigenvalue weighted by molar-refractivity contribution is 0.0925. The predicted molar refractivity (Wildman–Crippen MR) is 78.3 cm³/mol. The molecule has 1 amide bonds. The van der Waals surface area contributed by atoms with E-state index in [1.807, 2.05) is 13.8 Å². The molecule has 0 aliphatic carbocycles. The predicted octanol–water partition coefficient (Wildman–Crippen LogP) is 1.57. The number of hydrogen-bond donors (Lipinski definition) is 3. The van der Waals surface area contributed by atoms with Crippen molar-refractivity contribution in [3.05, 3.63) is 22.5 Å². The molecule has 2 heterocycles. The third-order valence-corrected chi connectivity index (χ3v) is 3.86. The van der Waals surface area contributed by atoms with Crippen LogP contribution in [0.5, 0.6) is 0 Å². The fourth-order valence-corrected chi connectivity index (χ4v) is 2.93. The number of carbonyl (C=O) groups is 2. The first-order chi connectivity index (χ1) is 9.54. The molecule has 0 saturated carbocycles. The molecule has 0 radical (unpaired) electrons. The summed E-state index contributed by atoms with van der Waals surface area (Å²) in [5, 5.41) is 6.32. The minimum atomic E-state index is -0.105. The number of nitrogens with one attached hydrogen (secondary N) is 3. The van der Waals surface area contributed by atoms with Crippen LogP contribution in [0.2, 0.25) is 0 Å². The summed E-state index contributed by atoms with van der Waals surface area (Å²) in [4.78, 5) is 27.2. The third-order valence-electron chi connectivity index (χ3n) is 3.86. The molecule has 1 aliphatic heterocycles. The smallest absolute Gasteiger partial charge is 0.268 e. The Balaban J connectivity index is 2.21. The van der Waals surface area contributed by atoms with E-state index in [2.05, 4.69) is 15.6 Å². The number of rotatable bonds is 4. The fourth-order valence-electron chi connectivity index (χ4n) is 2.93. The van der Waals surface area contributed by atoms with Gasteiger partial charge in [-0.2, -0.15) is 0 Å². The molecule has 1 fully saturated rings. The first kappa shape index (κ1) is 14.8. The van der Waals surface area contributed by atoms with Crippen molar-refractivity contribution in [3.8, 4) is 0 Å². The normalized spacial score (nSPS) is 18.9. The average molecular weight is 277 g/mol. The summed E-state index contributed by atoms with van der Waals surface area (Å²) in [6.45, 7) is 7.18. The zero-order chi connectivity index (χ0) is 14.7. The molecule has 1 aromatic rings. The molecule has 0 bridgehead atoms. The van der Waals surface area contributed by atoms with E-state index in [0.717, 1.165) is 37.2 Å². The second kappa shape index (κ2) is 6.22. The zero-order valence-corrected chi connectivity index (χ0v) is 12.4. The molecular weight excluding hydrogens is 254 g/mol. The van der Waals surface area contributed by atoms with E-state index in [1.165, 1.54) is 0 Å². The standard InChI is InChI=1S/C15H23N3O2/c1-4-12-13(10(3)19)9(2)17-14(12)15(20)18-11-6-5-7-16-8-11/h11,16-17H,4-8H2,1-3H3,(H,18,20). The monoisotopic (exact) mass is 277 g/mol. The summed E-state index contributed by atoms with van der Waals surface area (Å²) < 4.78 is 0. The van der Waals surface area contributed by atoms with Crippen molar-refractivity contribution >= 4 is 11.7 Å². The van der Waals surface area contributed by atoms with Gasteiger partial charge >= 0.3 is 0 Å². The highest BCUT2D eigenvalue weighted by atomic mass is 16.2. The lowest BCUT2D eigenvalue weighted by Crippen LogP contribution is -2.45. The van der Waals surface area contributed by atoms with Crippen LogP contribution in [-0.2, 0) is 6.42 Å². The van der Waals surface area contributed by atoms with Crippen LogP contribution < -0.4 is 10.6 Å². The van der Waals surface area contributed by atoms with Crippen LogP contribution in [0.25, 0.3) is 0 Å². The van der Waals surface area contributed by atoms with Crippen molar-refractivity contribution in [3.63, 3.8) is 0 Å². The summed E-state index contributed by atoms with van der Waals surface area (Å²) in [5.74, 6) is -0.0971. The molecule has 1 aliphatic rings. The van der Waals surface area contributed by atoms with E-state index >= 15 is 0 Å². The molecule has 0 spiro atoms. The molecule has 5 nitrogen and oxygen atoms in total. The Labute approximate surface area is 119 Å². The van der Waals surface area contributed by atoms with Gasteiger partial charge in [0.2, 0.25) is 0 Å². The summed E-state index contributed by atoms with van der Waals surface area (Å²) >= 11 is 0. The van der Waals surface area contributed by atoms with E-state index in [0.29, 0.717) is 17.7 Å². The minimum absolute atomic E-state index is 0.00832. The van der Waals surface area contributed by atoms with Crippen molar-refractivity contribution in [2.24, 2.45) is 0 Å². The topological polar surface area (TPSA) is 74.0 Å². The van der Waals surface area contributed by atoms with Crippen LogP contribution in [0.4, 0.5) is 0 Å². The highest BCUT2D eigenvalue weighted by molar-refractivity contribution is 6.02. The minimum Gasteiger partial charge on any atom is -0.354 e. The first-order valence-corrected chi connectivity index (χ1v) is 7.28. The van der Waals surface area contributed by atoms with Gasteiger partial charge < -0.3 is 15.6 Å². The van der Waals surface area contributed by atoms with Crippen molar-refractivity contribution in [1.29, 1.82) is 0 Å². The Bertz CT molecular complexity index is 513. The zero-order valence-electron chi connectivity index (χ0n) is 12.4. The summed E-state index contributed by atoms with van der Waals surface area (Å²) in [6, 6.07) is 0.172. The van der Waals surface area contributed by atoms with Gasteiger partial charge in [-0.05, 0) is 45.2 Å². The molecule has 1 atom stereocenters. The second-order valence-corrected chi connectivity index (χ2v) is 5.41. The van der Waals surface area contributed by atoms with Gasteiger partial charge in [0.25, 0.3) is 5.91 Å². The summed E-state index contributed by atoms with van der Waals surface area (Å²) in [5.41, 5.74) is 2.82. The molecule has 1 saturated heterocycles. The number of carbonyl (C=O) groups excluding carboxylic acids is 2. The van der Waals surface area contributed by atoms with E-state index in [1.54, 1.807) is 6.92 Å². The number of hydrogen-bond acceptors (Lipinski definition) is 3. The van der Waals surface area contributed by atoms with Crippen LogP contribution in [0.3, 0.4) is 0 Å². The Morgan fingerprint density at radius 2 is 2.15 bits per heavy atom. The van der Waals surface area contributed by atoms with Crippen molar-refractivity contribution in [2.45, 2.75) is 46.1 Å². The number of aryl methyl sites for hydroxylation is 1.